The van der Waals surface area contributed by atoms with Crippen molar-refractivity contribution in [1.29, 1.82) is 5.26 Å². The van der Waals surface area contributed by atoms with Gasteiger partial charge in [-0.25, -0.2) is 0 Å². The van der Waals surface area contributed by atoms with Gasteiger partial charge in [0.25, 0.3) is 0 Å². The Morgan fingerprint density at radius 1 is 1.42 bits per heavy atom. The van der Waals surface area contributed by atoms with Crippen molar-refractivity contribution in [1.82, 2.24) is 0 Å². The molecule has 0 atom stereocenters. The summed E-state index contributed by atoms with van der Waals surface area (Å²) in [5.74, 6) is 0. The summed E-state index contributed by atoms with van der Waals surface area (Å²) in [6.45, 7) is 2.12. The Hall–Kier alpha value is -1.55. The lowest BCUT2D eigenvalue weighted by Gasteiger charge is -1.96. The van der Waals surface area contributed by atoms with Gasteiger partial charge in [0.05, 0.1) is 11.6 Å². The average molecular weight is 155 g/mol. The first-order valence-corrected chi connectivity index (χ1v) is 4.00. The molecule has 0 N–H and O–H groups in total. The molecule has 1 aromatic carbocycles. The molecule has 58 valence electrons. The number of nitriles is 1. The first kappa shape index (κ1) is 7.12. The fourth-order valence-corrected chi connectivity index (χ4v) is 1.58. The molecular formula is C11H9N. The third kappa shape index (κ3) is 1.02. The quantitative estimate of drug-likeness (QED) is 0.564. The minimum atomic E-state index is 0.750. The topological polar surface area (TPSA) is 23.8 Å². The van der Waals surface area contributed by atoms with Gasteiger partial charge in [-0.3, -0.25) is 0 Å². The van der Waals surface area contributed by atoms with Gasteiger partial charge in [-0.2, -0.15) is 5.26 Å². The number of benzene rings is 1. The van der Waals surface area contributed by atoms with Gasteiger partial charge >= 0.3 is 0 Å². The molecule has 1 heteroatoms. The number of fused-ring (bicyclic) bond motifs is 1. The zero-order valence-corrected chi connectivity index (χ0v) is 6.96. The zero-order valence-electron chi connectivity index (χ0n) is 6.96. The molecule has 1 nitrogen and oxygen atoms in total. The van der Waals surface area contributed by atoms with Crippen molar-refractivity contribution in [2.45, 2.75) is 13.3 Å². The van der Waals surface area contributed by atoms with Crippen LogP contribution in [0.15, 0.2) is 23.8 Å². The molecule has 0 radical (unpaired) electrons. The largest absolute Gasteiger partial charge is 0.192 e. The lowest BCUT2D eigenvalue weighted by molar-refractivity contribution is 1.19. The molecular weight excluding hydrogens is 146 g/mol. The van der Waals surface area contributed by atoms with Crippen molar-refractivity contribution in [2.24, 2.45) is 0 Å². The van der Waals surface area contributed by atoms with Crippen LogP contribution in [0.1, 0.15) is 23.6 Å². The maximum absolute atomic E-state index is 8.66. The Labute approximate surface area is 72.0 Å². The van der Waals surface area contributed by atoms with Crippen LogP contribution in [-0.2, 0) is 6.42 Å². The molecule has 0 aliphatic heterocycles. The van der Waals surface area contributed by atoms with Gasteiger partial charge in [0.1, 0.15) is 0 Å². The van der Waals surface area contributed by atoms with Crippen molar-refractivity contribution in [3.05, 3.63) is 40.5 Å². The van der Waals surface area contributed by atoms with Crippen molar-refractivity contribution in [2.75, 3.05) is 0 Å². The van der Waals surface area contributed by atoms with E-state index in [0.717, 1.165) is 12.0 Å². The summed E-state index contributed by atoms with van der Waals surface area (Å²) in [5.41, 5.74) is 4.68. The molecule has 2 rings (SSSR count). The van der Waals surface area contributed by atoms with Gasteiger partial charge in [-0.1, -0.05) is 17.7 Å². The van der Waals surface area contributed by atoms with E-state index in [1.54, 1.807) is 0 Å². The van der Waals surface area contributed by atoms with E-state index in [-0.39, 0.29) is 0 Å². The van der Waals surface area contributed by atoms with Gasteiger partial charge < -0.3 is 0 Å². The second-order valence-corrected chi connectivity index (χ2v) is 3.19. The standard InChI is InChI=1S/C11H9N/c1-8-4-10-3-2-9(7-12)6-11(10)5-8/h2-3,5-6H,4H2,1H3. The van der Waals surface area contributed by atoms with Crippen LogP contribution < -0.4 is 0 Å². The summed E-state index contributed by atoms with van der Waals surface area (Å²) in [7, 11) is 0. The van der Waals surface area contributed by atoms with Crippen LogP contribution in [0.4, 0.5) is 0 Å². The van der Waals surface area contributed by atoms with Crippen LogP contribution in [0.25, 0.3) is 6.08 Å². The molecule has 1 aliphatic rings. The molecule has 0 spiro atoms. The first-order chi connectivity index (χ1) is 5.79. The van der Waals surface area contributed by atoms with Gasteiger partial charge in [-0.05, 0) is 36.6 Å². The Kier molecular flexibility index (Phi) is 1.48. The van der Waals surface area contributed by atoms with E-state index in [9.17, 15) is 0 Å². The van der Waals surface area contributed by atoms with Crippen LogP contribution in [0.5, 0.6) is 0 Å². The van der Waals surface area contributed by atoms with Gasteiger partial charge in [-0.15, -0.1) is 0 Å². The lowest BCUT2D eigenvalue weighted by Crippen LogP contribution is -1.83. The van der Waals surface area contributed by atoms with Crippen LogP contribution in [0, 0.1) is 11.3 Å². The van der Waals surface area contributed by atoms with Crippen LogP contribution in [-0.4, -0.2) is 0 Å². The third-order valence-corrected chi connectivity index (χ3v) is 2.15. The zero-order chi connectivity index (χ0) is 8.55. The fraction of sp³-hybridized carbons (Fsp3) is 0.182. The van der Waals surface area contributed by atoms with Gasteiger partial charge in [0.2, 0.25) is 0 Å². The summed E-state index contributed by atoms with van der Waals surface area (Å²) in [5, 5.41) is 8.66. The number of allylic oxidation sites excluding steroid dienone is 1. The number of nitrogens with zero attached hydrogens (tertiary/aromatic N) is 1. The van der Waals surface area contributed by atoms with Gasteiger partial charge in [0, 0.05) is 0 Å². The molecule has 0 saturated heterocycles. The summed E-state index contributed by atoms with van der Waals surface area (Å²) in [6, 6.07) is 8.02. The molecule has 0 aromatic heterocycles. The number of rotatable bonds is 0. The van der Waals surface area contributed by atoms with Crippen molar-refractivity contribution in [3.63, 3.8) is 0 Å². The highest BCUT2D eigenvalue weighted by Crippen LogP contribution is 2.24. The SMILES string of the molecule is CC1=Cc2cc(C#N)ccc2C1. The van der Waals surface area contributed by atoms with E-state index in [1.807, 2.05) is 18.2 Å². The minimum Gasteiger partial charge on any atom is -0.192 e. The minimum absolute atomic E-state index is 0.750. The van der Waals surface area contributed by atoms with E-state index in [0.29, 0.717) is 0 Å². The predicted molar refractivity (Wildman–Crippen MR) is 48.5 cm³/mol. The van der Waals surface area contributed by atoms with Crippen molar-refractivity contribution < 1.29 is 0 Å². The van der Waals surface area contributed by atoms with Crippen molar-refractivity contribution in [3.8, 4) is 6.07 Å². The molecule has 1 aliphatic carbocycles. The Balaban J connectivity index is 2.54. The number of hydrogen-bond donors (Lipinski definition) is 0. The summed E-state index contributed by atoms with van der Waals surface area (Å²) in [4.78, 5) is 0. The molecule has 1 aromatic rings. The Morgan fingerprint density at radius 3 is 3.00 bits per heavy atom. The third-order valence-electron chi connectivity index (χ3n) is 2.15. The highest BCUT2D eigenvalue weighted by Gasteiger charge is 2.08. The van der Waals surface area contributed by atoms with E-state index < -0.39 is 0 Å². The van der Waals surface area contributed by atoms with E-state index in [4.69, 9.17) is 5.26 Å². The Bertz CT molecular complexity index is 394. The molecule has 0 unspecified atom stereocenters. The van der Waals surface area contributed by atoms with Crippen LogP contribution in [0.3, 0.4) is 0 Å². The molecule has 12 heavy (non-hydrogen) atoms. The fourth-order valence-electron chi connectivity index (χ4n) is 1.58. The maximum atomic E-state index is 8.66. The monoisotopic (exact) mass is 155 g/mol. The average Bonchev–Trinajstić information content (AvgIpc) is 2.43. The molecule has 0 amide bonds. The molecule has 0 bridgehead atoms. The van der Waals surface area contributed by atoms with Crippen LogP contribution >= 0.6 is 0 Å². The van der Waals surface area contributed by atoms with E-state index in [2.05, 4.69) is 19.1 Å². The highest BCUT2D eigenvalue weighted by atomic mass is 14.2. The smallest absolute Gasteiger partial charge is 0.0991 e. The number of hydrogen-bond acceptors (Lipinski definition) is 1. The van der Waals surface area contributed by atoms with Crippen molar-refractivity contribution >= 4 is 6.08 Å². The summed E-state index contributed by atoms with van der Waals surface area (Å²) in [6.07, 6.45) is 3.19. The van der Waals surface area contributed by atoms with Gasteiger partial charge in [0.15, 0.2) is 0 Å². The lowest BCUT2D eigenvalue weighted by atomic mass is 10.1. The van der Waals surface area contributed by atoms with E-state index in [1.165, 1.54) is 16.7 Å². The summed E-state index contributed by atoms with van der Waals surface area (Å²) < 4.78 is 0. The predicted octanol–water partition coefficient (Wildman–Crippen LogP) is 2.52. The maximum Gasteiger partial charge on any atom is 0.0991 e. The molecule has 0 fully saturated rings. The second-order valence-electron chi connectivity index (χ2n) is 3.19. The second kappa shape index (κ2) is 2.49. The van der Waals surface area contributed by atoms with E-state index >= 15 is 0 Å². The first-order valence-electron chi connectivity index (χ1n) is 4.00. The Morgan fingerprint density at radius 2 is 2.25 bits per heavy atom. The summed E-state index contributed by atoms with van der Waals surface area (Å²) >= 11 is 0. The molecule has 0 heterocycles. The van der Waals surface area contributed by atoms with Crippen LogP contribution in [0.2, 0.25) is 0 Å². The molecule has 0 saturated carbocycles. The normalized spacial score (nSPS) is 13.5. The highest BCUT2D eigenvalue weighted by molar-refractivity contribution is 5.64.